The minimum absolute atomic E-state index is 0.143. The summed E-state index contributed by atoms with van der Waals surface area (Å²) in [6.45, 7) is 5.67. The molecule has 0 aliphatic heterocycles. The lowest BCUT2D eigenvalue weighted by molar-refractivity contribution is 0.242. The van der Waals surface area contributed by atoms with Gasteiger partial charge in [0.1, 0.15) is 11.4 Å². The highest BCUT2D eigenvalue weighted by Gasteiger charge is 2.00. The van der Waals surface area contributed by atoms with E-state index in [1.165, 1.54) is 0 Å². The molecule has 0 fully saturated rings. The molecule has 7 heteroatoms. The Kier molecular flexibility index (Phi) is 4.65. The van der Waals surface area contributed by atoms with Crippen LogP contribution in [0.3, 0.4) is 0 Å². The third-order valence-corrected chi connectivity index (χ3v) is 2.51. The summed E-state index contributed by atoms with van der Waals surface area (Å²) in [6.07, 6.45) is 1.77. The summed E-state index contributed by atoms with van der Waals surface area (Å²) in [5, 5.41) is 10.1. The van der Waals surface area contributed by atoms with Gasteiger partial charge in [-0.15, -0.1) is 0 Å². The topological polar surface area (TPSA) is 92.3 Å². The molecule has 0 radical (unpaired) electrons. The minimum atomic E-state index is -0.520. The van der Waals surface area contributed by atoms with Gasteiger partial charge in [0.05, 0.1) is 12.3 Å². The van der Waals surface area contributed by atoms with Crippen LogP contribution >= 0.6 is 0 Å². The van der Waals surface area contributed by atoms with Crippen LogP contribution in [-0.2, 0) is 0 Å². The summed E-state index contributed by atoms with van der Waals surface area (Å²) in [7, 11) is 0. The van der Waals surface area contributed by atoms with Gasteiger partial charge in [0.15, 0.2) is 5.82 Å². The summed E-state index contributed by atoms with van der Waals surface area (Å²) in [6, 6.07) is 7.53. The second-order valence-corrected chi connectivity index (χ2v) is 4.68. The van der Waals surface area contributed by atoms with Crippen molar-refractivity contribution >= 4 is 12.0 Å². The van der Waals surface area contributed by atoms with Crippen LogP contribution in [0.25, 0.3) is 0 Å². The van der Waals surface area contributed by atoms with Gasteiger partial charge in [-0.05, 0) is 50.6 Å². The number of nitrogens with one attached hydrogen (secondary N) is 2. The molecule has 2 N–H and O–H groups in total. The summed E-state index contributed by atoms with van der Waals surface area (Å²) < 4.78 is 5.56. The fourth-order valence-electron chi connectivity index (χ4n) is 1.57. The first-order valence-electron chi connectivity index (χ1n) is 6.53. The number of rotatable bonds is 5. The van der Waals surface area contributed by atoms with E-state index >= 15 is 0 Å². The van der Waals surface area contributed by atoms with Crippen molar-refractivity contribution in [1.82, 2.24) is 15.2 Å². The number of H-pyrrole nitrogens is 1. The van der Waals surface area contributed by atoms with Crippen LogP contribution in [0.15, 0.2) is 34.2 Å². The van der Waals surface area contributed by atoms with Gasteiger partial charge in [-0.3, -0.25) is 5.43 Å². The Morgan fingerprint density at radius 2 is 2.05 bits per heavy atom. The molecular weight excluding hydrogens is 270 g/mol. The summed E-state index contributed by atoms with van der Waals surface area (Å²) in [5.74, 6) is 1.14. The molecule has 0 aliphatic rings. The average Bonchev–Trinajstić information content (AvgIpc) is 2.44. The van der Waals surface area contributed by atoms with E-state index < -0.39 is 5.69 Å². The van der Waals surface area contributed by atoms with Crippen molar-refractivity contribution in [3.05, 3.63) is 46.0 Å². The standard InChI is InChI=1S/C14H17N5O2/c1-9(2)21-12-6-4-11(5-7-12)8-15-18-13-10(3)17-19-14(20)16-13/h4-9H,1-3H3,(H2,16,18,19,20)/b15-8-. The summed E-state index contributed by atoms with van der Waals surface area (Å²) in [4.78, 5) is 14.8. The fourth-order valence-corrected chi connectivity index (χ4v) is 1.57. The number of aromatic nitrogens is 3. The van der Waals surface area contributed by atoms with E-state index in [0.717, 1.165) is 11.3 Å². The van der Waals surface area contributed by atoms with Crippen molar-refractivity contribution in [2.24, 2.45) is 5.10 Å². The Hall–Kier alpha value is -2.70. The Bertz CT molecular complexity index is 677. The maximum absolute atomic E-state index is 11.1. The van der Waals surface area contributed by atoms with Crippen molar-refractivity contribution in [3.63, 3.8) is 0 Å². The van der Waals surface area contributed by atoms with E-state index in [1.54, 1.807) is 13.1 Å². The molecule has 1 aromatic carbocycles. The van der Waals surface area contributed by atoms with Crippen LogP contribution in [-0.4, -0.2) is 27.5 Å². The van der Waals surface area contributed by atoms with Crippen molar-refractivity contribution in [1.29, 1.82) is 0 Å². The molecule has 2 aromatic rings. The van der Waals surface area contributed by atoms with Crippen molar-refractivity contribution in [3.8, 4) is 5.75 Å². The molecule has 7 nitrogen and oxygen atoms in total. The third kappa shape index (κ3) is 4.41. The molecule has 0 bridgehead atoms. The number of benzene rings is 1. The van der Waals surface area contributed by atoms with Gasteiger partial charge < -0.3 is 4.74 Å². The first-order chi connectivity index (χ1) is 10.0. The molecule has 2 rings (SSSR count). The average molecular weight is 287 g/mol. The number of hydrogen-bond acceptors (Lipinski definition) is 6. The number of nitrogens with zero attached hydrogens (tertiary/aromatic N) is 3. The molecule has 21 heavy (non-hydrogen) atoms. The van der Waals surface area contributed by atoms with Gasteiger partial charge in [-0.1, -0.05) is 0 Å². The number of hydrazone groups is 1. The zero-order chi connectivity index (χ0) is 15.2. The van der Waals surface area contributed by atoms with Crippen LogP contribution < -0.4 is 15.9 Å². The Labute approximate surface area is 122 Å². The third-order valence-electron chi connectivity index (χ3n) is 2.51. The molecule has 0 unspecified atom stereocenters. The molecule has 0 spiro atoms. The number of ether oxygens (including phenoxy) is 1. The molecule has 0 aliphatic carbocycles. The zero-order valence-corrected chi connectivity index (χ0v) is 12.1. The highest BCUT2D eigenvalue weighted by atomic mass is 16.5. The quantitative estimate of drug-likeness (QED) is 0.645. The maximum atomic E-state index is 11.1. The van der Waals surface area contributed by atoms with E-state index in [1.807, 2.05) is 38.1 Å². The molecule has 1 heterocycles. The van der Waals surface area contributed by atoms with Crippen molar-refractivity contribution in [2.45, 2.75) is 26.9 Å². The van der Waals surface area contributed by atoms with E-state index in [9.17, 15) is 4.79 Å². The van der Waals surface area contributed by atoms with E-state index in [4.69, 9.17) is 4.74 Å². The fraction of sp³-hybridized carbons (Fsp3) is 0.286. The number of hydrogen-bond donors (Lipinski definition) is 2. The van der Waals surface area contributed by atoms with E-state index in [0.29, 0.717) is 11.5 Å². The molecule has 110 valence electrons. The number of aryl methyl sites for hydroxylation is 1. The molecule has 0 amide bonds. The lowest BCUT2D eigenvalue weighted by atomic mass is 10.2. The van der Waals surface area contributed by atoms with Gasteiger partial charge in [0.25, 0.3) is 0 Å². The second-order valence-electron chi connectivity index (χ2n) is 4.68. The lowest BCUT2D eigenvalue weighted by Gasteiger charge is -2.09. The van der Waals surface area contributed by atoms with Crippen molar-refractivity contribution < 1.29 is 4.74 Å². The van der Waals surface area contributed by atoms with Gasteiger partial charge in [0.2, 0.25) is 0 Å². The lowest BCUT2D eigenvalue weighted by Crippen LogP contribution is -2.15. The highest BCUT2D eigenvalue weighted by molar-refractivity contribution is 5.80. The van der Waals surface area contributed by atoms with E-state index in [-0.39, 0.29) is 6.10 Å². The SMILES string of the molecule is Cc1n[nH]c(=O)nc1N/N=C\c1ccc(OC(C)C)cc1. The first kappa shape index (κ1) is 14.7. The molecule has 1 aromatic heterocycles. The molecular formula is C14H17N5O2. The Morgan fingerprint density at radius 1 is 1.33 bits per heavy atom. The maximum Gasteiger partial charge on any atom is 0.363 e. The molecule has 0 saturated carbocycles. The Morgan fingerprint density at radius 3 is 2.71 bits per heavy atom. The van der Waals surface area contributed by atoms with Crippen LogP contribution in [0.4, 0.5) is 5.82 Å². The predicted octanol–water partition coefficient (Wildman–Crippen LogP) is 1.71. The largest absolute Gasteiger partial charge is 0.491 e. The zero-order valence-electron chi connectivity index (χ0n) is 12.1. The van der Waals surface area contributed by atoms with Crippen LogP contribution in [0, 0.1) is 6.92 Å². The van der Waals surface area contributed by atoms with Crippen molar-refractivity contribution in [2.75, 3.05) is 5.43 Å². The minimum Gasteiger partial charge on any atom is -0.491 e. The Balaban J connectivity index is 2.01. The van der Waals surface area contributed by atoms with Gasteiger partial charge in [-0.25, -0.2) is 9.89 Å². The van der Waals surface area contributed by atoms with Gasteiger partial charge in [0, 0.05) is 0 Å². The first-order valence-corrected chi connectivity index (χ1v) is 6.53. The van der Waals surface area contributed by atoms with Crippen LogP contribution in [0.2, 0.25) is 0 Å². The number of aromatic amines is 1. The highest BCUT2D eigenvalue weighted by Crippen LogP contribution is 2.13. The second kappa shape index (κ2) is 6.65. The summed E-state index contributed by atoms with van der Waals surface area (Å²) in [5.41, 5.74) is 3.63. The number of anilines is 1. The van der Waals surface area contributed by atoms with Gasteiger partial charge >= 0.3 is 5.69 Å². The van der Waals surface area contributed by atoms with Gasteiger partial charge in [-0.2, -0.15) is 15.2 Å². The van der Waals surface area contributed by atoms with E-state index in [2.05, 4.69) is 25.7 Å². The summed E-state index contributed by atoms with van der Waals surface area (Å²) >= 11 is 0. The van der Waals surface area contributed by atoms with Crippen LogP contribution in [0.5, 0.6) is 5.75 Å². The smallest absolute Gasteiger partial charge is 0.363 e. The predicted molar refractivity (Wildman–Crippen MR) is 80.8 cm³/mol. The molecule has 0 atom stereocenters. The van der Waals surface area contributed by atoms with Crippen LogP contribution in [0.1, 0.15) is 25.1 Å². The molecule has 0 saturated heterocycles. The normalized spacial score (nSPS) is 11.0. The monoisotopic (exact) mass is 287 g/mol.